The fourth-order valence-corrected chi connectivity index (χ4v) is 3.13. The van der Waals surface area contributed by atoms with Crippen LogP contribution in [0.2, 0.25) is 0 Å². The topological polar surface area (TPSA) is 94.3 Å². The second kappa shape index (κ2) is 7.04. The minimum Gasteiger partial charge on any atom is -0.484 e. The SMILES string of the molecule is CC(=O)c1cccc(OCC(=O)NC2(c3noc(C)n3)CCCC2)c1. The van der Waals surface area contributed by atoms with Crippen molar-refractivity contribution >= 4 is 11.7 Å². The van der Waals surface area contributed by atoms with Gasteiger partial charge in [0.15, 0.2) is 18.2 Å². The number of amides is 1. The minimum absolute atomic E-state index is 0.0488. The van der Waals surface area contributed by atoms with Crippen LogP contribution in [0.4, 0.5) is 0 Å². The molecule has 0 aliphatic heterocycles. The molecule has 25 heavy (non-hydrogen) atoms. The van der Waals surface area contributed by atoms with Gasteiger partial charge in [-0.05, 0) is 31.9 Å². The third-order valence-electron chi connectivity index (χ3n) is 4.40. The van der Waals surface area contributed by atoms with Crippen LogP contribution in [-0.2, 0) is 10.3 Å². The molecule has 1 aliphatic carbocycles. The average molecular weight is 343 g/mol. The molecule has 0 spiro atoms. The van der Waals surface area contributed by atoms with Crippen molar-refractivity contribution < 1.29 is 18.8 Å². The van der Waals surface area contributed by atoms with Crippen molar-refractivity contribution in [3.8, 4) is 5.75 Å². The molecule has 0 bridgehead atoms. The number of aryl methyl sites for hydroxylation is 1. The molecule has 7 nitrogen and oxygen atoms in total. The van der Waals surface area contributed by atoms with E-state index in [4.69, 9.17) is 9.26 Å². The third kappa shape index (κ3) is 3.87. The molecule has 1 saturated carbocycles. The van der Waals surface area contributed by atoms with E-state index in [2.05, 4.69) is 15.5 Å². The number of benzene rings is 1. The molecule has 132 valence electrons. The van der Waals surface area contributed by atoms with Gasteiger partial charge in [0.1, 0.15) is 11.3 Å². The highest BCUT2D eigenvalue weighted by Crippen LogP contribution is 2.37. The zero-order chi connectivity index (χ0) is 17.9. The van der Waals surface area contributed by atoms with Gasteiger partial charge in [-0.3, -0.25) is 9.59 Å². The first kappa shape index (κ1) is 17.1. The third-order valence-corrected chi connectivity index (χ3v) is 4.40. The van der Waals surface area contributed by atoms with Crippen LogP contribution in [0.25, 0.3) is 0 Å². The van der Waals surface area contributed by atoms with E-state index in [9.17, 15) is 9.59 Å². The van der Waals surface area contributed by atoms with Gasteiger partial charge in [0, 0.05) is 12.5 Å². The van der Waals surface area contributed by atoms with Gasteiger partial charge < -0.3 is 14.6 Å². The Morgan fingerprint density at radius 2 is 2.08 bits per heavy atom. The second-order valence-corrected chi connectivity index (χ2v) is 6.35. The number of carbonyl (C=O) groups is 2. The van der Waals surface area contributed by atoms with Gasteiger partial charge in [-0.2, -0.15) is 4.98 Å². The molecule has 0 saturated heterocycles. The van der Waals surface area contributed by atoms with Crippen LogP contribution in [0.1, 0.15) is 54.7 Å². The van der Waals surface area contributed by atoms with Crippen LogP contribution >= 0.6 is 0 Å². The molecule has 0 unspecified atom stereocenters. The lowest BCUT2D eigenvalue weighted by atomic mass is 9.96. The lowest BCUT2D eigenvalue weighted by Crippen LogP contribution is -2.46. The predicted molar refractivity (Wildman–Crippen MR) is 89.3 cm³/mol. The number of rotatable bonds is 6. The van der Waals surface area contributed by atoms with Gasteiger partial charge in [0.25, 0.3) is 5.91 Å². The summed E-state index contributed by atoms with van der Waals surface area (Å²) in [7, 11) is 0. The average Bonchev–Trinajstić information content (AvgIpc) is 3.23. The molecule has 1 aliphatic rings. The maximum absolute atomic E-state index is 12.4. The monoisotopic (exact) mass is 343 g/mol. The summed E-state index contributed by atoms with van der Waals surface area (Å²) < 4.78 is 10.6. The molecule has 3 rings (SSSR count). The number of nitrogens with one attached hydrogen (secondary N) is 1. The number of Topliss-reactive ketones (excluding diaryl/α,β-unsaturated/α-hetero) is 1. The standard InChI is InChI=1S/C18H21N3O4/c1-12(22)14-6-5-7-15(10-14)24-11-16(23)20-18(8-3-4-9-18)17-19-13(2)25-21-17/h5-7,10H,3-4,8-9,11H2,1-2H3,(H,20,23). The number of ketones is 1. The number of carbonyl (C=O) groups excluding carboxylic acids is 2. The van der Waals surface area contributed by atoms with Crippen LogP contribution < -0.4 is 10.1 Å². The number of hydrogen-bond acceptors (Lipinski definition) is 6. The molecule has 1 heterocycles. The molecule has 1 aromatic carbocycles. The Hall–Kier alpha value is -2.70. The molecule has 1 fully saturated rings. The Morgan fingerprint density at radius 1 is 1.32 bits per heavy atom. The van der Waals surface area contributed by atoms with Gasteiger partial charge in [-0.25, -0.2) is 0 Å². The summed E-state index contributed by atoms with van der Waals surface area (Å²) in [6.07, 6.45) is 3.54. The van der Waals surface area contributed by atoms with E-state index in [1.54, 1.807) is 31.2 Å². The van der Waals surface area contributed by atoms with Crippen molar-refractivity contribution in [1.29, 1.82) is 0 Å². The molecule has 1 N–H and O–H groups in total. The summed E-state index contributed by atoms with van der Waals surface area (Å²) >= 11 is 0. The summed E-state index contributed by atoms with van der Waals surface area (Å²) in [6, 6.07) is 6.78. The number of aromatic nitrogens is 2. The van der Waals surface area contributed by atoms with Crippen molar-refractivity contribution in [2.45, 2.75) is 45.1 Å². The van der Waals surface area contributed by atoms with E-state index in [1.165, 1.54) is 6.92 Å². The Bertz CT molecular complexity index is 778. The highest BCUT2D eigenvalue weighted by molar-refractivity contribution is 5.94. The largest absolute Gasteiger partial charge is 0.484 e. The van der Waals surface area contributed by atoms with E-state index in [1.807, 2.05) is 0 Å². The Morgan fingerprint density at radius 3 is 2.72 bits per heavy atom. The summed E-state index contributed by atoms with van der Waals surface area (Å²) in [6.45, 7) is 3.08. The Balaban J connectivity index is 1.65. The molecule has 0 atom stereocenters. The molecule has 7 heteroatoms. The summed E-state index contributed by atoms with van der Waals surface area (Å²) in [5, 5.41) is 7.01. The number of ether oxygens (including phenoxy) is 1. The van der Waals surface area contributed by atoms with Crippen LogP contribution in [0, 0.1) is 6.92 Å². The zero-order valence-corrected chi connectivity index (χ0v) is 14.4. The number of hydrogen-bond donors (Lipinski definition) is 1. The number of nitrogens with zero attached hydrogens (tertiary/aromatic N) is 2. The molecule has 2 aromatic rings. The van der Waals surface area contributed by atoms with Crippen LogP contribution in [0.3, 0.4) is 0 Å². The first-order valence-electron chi connectivity index (χ1n) is 8.34. The van der Waals surface area contributed by atoms with E-state index >= 15 is 0 Å². The summed E-state index contributed by atoms with van der Waals surface area (Å²) in [5.74, 6) is 1.19. The summed E-state index contributed by atoms with van der Waals surface area (Å²) in [4.78, 5) is 28.1. The second-order valence-electron chi connectivity index (χ2n) is 6.35. The lowest BCUT2D eigenvalue weighted by Gasteiger charge is -2.26. The van der Waals surface area contributed by atoms with Crippen molar-refractivity contribution in [1.82, 2.24) is 15.5 Å². The lowest BCUT2D eigenvalue weighted by molar-refractivity contribution is -0.125. The minimum atomic E-state index is -0.584. The van der Waals surface area contributed by atoms with Gasteiger partial charge >= 0.3 is 0 Å². The van der Waals surface area contributed by atoms with Crippen molar-refractivity contribution in [2.24, 2.45) is 0 Å². The Labute approximate surface area is 145 Å². The van der Waals surface area contributed by atoms with E-state index < -0.39 is 5.54 Å². The first-order valence-corrected chi connectivity index (χ1v) is 8.34. The van der Waals surface area contributed by atoms with E-state index in [-0.39, 0.29) is 18.3 Å². The van der Waals surface area contributed by atoms with Crippen molar-refractivity contribution in [2.75, 3.05) is 6.61 Å². The van der Waals surface area contributed by atoms with Crippen molar-refractivity contribution in [3.63, 3.8) is 0 Å². The molecule has 1 aromatic heterocycles. The molecular weight excluding hydrogens is 322 g/mol. The highest BCUT2D eigenvalue weighted by atomic mass is 16.5. The van der Waals surface area contributed by atoms with Crippen LogP contribution in [0.15, 0.2) is 28.8 Å². The van der Waals surface area contributed by atoms with Gasteiger partial charge in [-0.1, -0.05) is 30.1 Å². The maximum Gasteiger partial charge on any atom is 0.258 e. The van der Waals surface area contributed by atoms with E-state index in [0.717, 1.165) is 25.7 Å². The fourth-order valence-electron chi connectivity index (χ4n) is 3.13. The van der Waals surface area contributed by atoms with Gasteiger partial charge in [-0.15, -0.1) is 0 Å². The molecule has 1 amide bonds. The van der Waals surface area contributed by atoms with Crippen molar-refractivity contribution in [3.05, 3.63) is 41.5 Å². The fraction of sp³-hybridized carbons (Fsp3) is 0.444. The summed E-state index contributed by atoms with van der Waals surface area (Å²) in [5.41, 5.74) is -0.0353. The normalized spacial score (nSPS) is 15.8. The van der Waals surface area contributed by atoms with E-state index in [0.29, 0.717) is 23.0 Å². The Kier molecular flexibility index (Phi) is 4.83. The maximum atomic E-state index is 12.4. The zero-order valence-electron chi connectivity index (χ0n) is 14.4. The quantitative estimate of drug-likeness (QED) is 0.810. The van der Waals surface area contributed by atoms with Gasteiger partial charge in [0.05, 0.1) is 0 Å². The van der Waals surface area contributed by atoms with Crippen LogP contribution in [-0.4, -0.2) is 28.4 Å². The predicted octanol–water partition coefficient (Wildman–Crippen LogP) is 2.55. The first-order chi connectivity index (χ1) is 12.0. The van der Waals surface area contributed by atoms with Crippen LogP contribution in [0.5, 0.6) is 5.75 Å². The molecular formula is C18H21N3O4. The molecule has 0 radical (unpaired) electrons. The smallest absolute Gasteiger partial charge is 0.258 e. The highest BCUT2D eigenvalue weighted by Gasteiger charge is 2.41. The van der Waals surface area contributed by atoms with Gasteiger partial charge in [0.2, 0.25) is 5.89 Å².